The highest BCUT2D eigenvalue weighted by Gasteiger charge is 2.07. The van der Waals surface area contributed by atoms with Gasteiger partial charge in [-0.15, -0.1) is 0 Å². The predicted molar refractivity (Wildman–Crippen MR) is 83.3 cm³/mol. The Balaban J connectivity index is 2.27. The predicted octanol–water partition coefficient (Wildman–Crippen LogP) is 2.92. The summed E-state index contributed by atoms with van der Waals surface area (Å²) in [5.74, 6) is 0.375. The average Bonchev–Trinajstić information content (AvgIpc) is 2.38. The SMILES string of the molecule is Cc1ccc(/C=C/CC(=O)NCC(O)CC(C)C)cc1. The second kappa shape index (κ2) is 8.54. The van der Waals surface area contributed by atoms with E-state index in [-0.39, 0.29) is 5.91 Å². The van der Waals surface area contributed by atoms with Gasteiger partial charge >= 0.3 is 0 Å². The Morgan fingerprint density at radius 2 is 1.95 bits per heavy atom. The van der Waals surface area contributed by atoms with E-state index in [1.165, 1.54) is 5.56 Å². The smallest absolute Gasteiger partial charge is 0.223 e. The molecule has 2 N–H and O–H groups in total. The molecule has 3 heteroatoms. The van der Waals surface area contributed by atoms with E-state index in [4.69, 9.17) is 0 Å². The summed E-state index contributed by atoms with van der Waals surface area (Å²) in [5.41, 5.74) is 2.31. The first-order valence-electron chi connectivity index (χ1n) is 7.15. The van der Waals surface area contributed by atoms with Crippen LogP contribution in [0, 0.1) is 12.8 Å². The minimum atomic E-state index is -0.458. The van der Waals surface area contributed by atoms with Crippen LogP contribution >= 0.6 is 0 Å². The Bertz CT molecular complexity index is 435. The van der Waals surface area contributed by atoms with Gasteiger partial charge in [0.1, 0.15) is 0 Å². The average molecular weight is 275 g/mol. The van der Waals surface area contributed by atoms with E-state index in [1.54, 1.807) is 0 Å². The maximum atomic E-state index is 11.6. The van der Waals surface area contributed by atoms with E-state index in [1.807, 2.05) is 43.3 Å². The molecule has 0 fully saturated rings. The molecule has 0 aromatic heterocycles. The van der Waals surface area contributed by atoms with Crippen LogP contribution in [0.1, 0.15) is 37.8 Å². The molecule has 0 spiro atoms. The number of hydrogen-bond donors (Lipinski definition) is 2. The number of aryl methyl sites for hydroxylation is 1. The molecule has 0 bridgehead atoms. The molecule has 20 heavy (non-hydrogen) atoms. The molecule has 0 saturated heterocycles. The molecule has 0 saturated carbocycles. The highest BCUT2D eigenvalue weighted by molar-refractivity contribution is 5.78. The summed E-state index contributed by atoms with van der Waals surface area (Å²) >= 11 is 0. The number of aliphatic hydroxyl groups is 1. The third-order valence-electron chi connectivity index (χ3n) is 2.97. The van der Waals surface area contributed by atoms with Gasteiger partial charge in [-0.2, -0.15) is 0 Å². The number of rotatable bonds is 7. The van der Waals surface area contributed by atoms with Gasteiger partial charge in [0, 0.05) is 13.0 Å². The molecular formula is C17H25NO2. The normalized spacial score (nSPS) is 12.8. The minimum Gasteiger partial charge on any atom is -0.391 e. The summed E-state index contributed by atoms with van der Waals surface area (Å²) in [6, 6.07) is 8.14. The zero-order chi connectivity index (χ0) is 15.0. The number of carbonyl (C=O) groups is 1. The van der Waals surface area contributed by atoms with Crippen molar-refractivity contribution in [3.05, 3.63) is 41.5 Å². The fourth-order valence-electron chi connectivity index (χ4n) is 1.91. The Labute approximate surface area is 121 Å². The van der Waals surface area contributed by atoms with Crippen molar-refractivity contribution in [2.75, 3.05) is 6.54 Å². The summed E-state index contributed by atoms with van der Waals surface area (Å²) in [6.07, 6.45) is 4.36. The lowest BCUT2D eigenvalue weighted by Gasteiger charge is -2.13. The van der Waals surface area contributed by atoms with Gasteiger partial charge in [0.2, 0.25) is 5.91 Å². The number of aliphatic hydroxyl groups excluding tert-OH is 1. The van der Waals surface area contributed by atoms with E-state index in [9.17, 15) is 9.90 Å². The van der Waals surface area contributed by atoms with Crippen LogP contribution in [0.15, 0.2) is 30.3 Å². The first-order chi connectivity index (χ1) is 9.47. The molecule has 3 nitrogen and oxygen atoms in total. The van der Waals surface area contributed by atoms with Crippen LogP contribution in [-0.4, -0.2) is 23.7 Å². The molecule has 0 aliphatic heterocycles. The molecule has 1 aromatic carbocycles. The number of benzene rings is 1. The standard InChI is InChI=1S/C17H25NO2/c1-13(2)11-16(19)12-18-17(20)6-4-5-15-9-7-14(3)8-10-15/h4-5,7-10,13,16,19H,6,11-12H2,1-3H3,(H,18,20)/b5-4+. The van der Waals surface area contributed by atoms with E-state index < -0.39 is 6.10 Å². The van der Waals surface area contributed by atoms with Crippen LogP contribution in [0.2, 0.25) is 0 Å². The number of hydrogen-bond acceptors (Lipinski definition) is 2. The molecule has 1 aromatic rings. The van der Waals surface area contributed by atoms with Gasteiger partial charge in [0.05, 0.1) is 6.10 Å². The minimum absolute atomic E-state index is 0.0591. The zero-order valence-corrected chi connectivity index (χ0v) is 12.6. The summed E-state index contributed by atoms with van der Waals surface area (Å²) in [6.45, 7) is 6.48. The Hall–Kier alpha value is -1.61. The van der Waals surface area contributed by atoms with Crippen LogP contribution in [0.25, 0.3) is 6.08 Å². The second-order valence-corrected chi connectivity index (χ2v) is 5.60. The quantitative estimate of drug-likeness (QED) is 0.804. The molecule has 1 unspecified atom stereocenters. The molecule has 0 heterocycles. The van der Waals surface area contributed by atoms with Crippen LogP contribution in [-0.2, 0) is 4.79 Å². The number of nitrogens with one attached hydrogen (secondary N) is 1. The van der Waals surface area contributed by atoms with Gasteiger partial charge in [-0.25, -0.2) is 0 Å². The Morgan fingerprint density at radius 3 is 2.55 bits per heavy atom. The van der Waals surface area contributed by atoms with E-state index >= 15 is 0 Å². The van der Waals surface area contributed by atoms with E-state index in [0.29, 0.717) is 25.3 Å². The molecule has 0 aliphatic carbocycles. The molecule has 1 amide bonds. The lowest BCUT2D eigenvalue weighted by molar-refractivity contribution is -0.120. The Kier molecular flexibility index (Phi) is 7.02. The summed E-state index contributed by atoms with van der Waals surface area (Å²) in [4.78, 5) is 11.6. The molecule has 0 radical (unpaired) electrons. The molecule has 110 valence electrons. The first-order valence-corrected chi connectivity index (χ1v) is 7.15. The van der Waals surface area contributed by atoms with Gasteiger partial charge in [0.15, 0.2) is 0 Å². The monoisotopic (exact) mass is 275 g/mol. The fourth-order valence-corrected chi connectivity index (χ4v) is 1.91. The Morgan fingerprint density at radius 1 is 1.30 bits per heavy atom. The van der Waals surface area contributed by atoms with Crippen molar-refractivity contribution in [3.63, 3.8) is 0 Å². The summed E-state index contributed by atoms with van der Waals surface area (Å²) < 4.78 is 0. The van der Waals surface area contributed by atoms with Gasteiger partial charge < -0.3 is 10.4 Å². The largest absolute Gasteiger partial charge is 0.391 e. The summed E-state index contributed by atoms with van der Waals surface area (Å²) in [5, 5.41) is 12.4. The maximum absolute atomic E-state index is 11.6. The third-order valence-corrected chi connectivity index (χ3v) is 2.97. The van der Waals surface area contributed by atoms with E-state index in [2.05, 4.69) is 19.2 Å². The fraction of sp³-hybridized carbons (Fsp3) is 0.471. The van der Waals surface area contributed by atoms with Crippen molar-refractivity contribution in [1.82, 2.24) is 5.32 Å². The number of amides is 1. The number of carbonyl (C=O) groups excluding carboxylic acids is 1. The van der Waals surface area contributed by atoms with Crippen molar-refractivity contribution in [1.29, 1.82) is 0 Å². The van der Waals surface area contributed by atoms with Gasteiger partial charge in [0.25, 0.3) is 0 Å². The lowest BCUT2D eigenvalue weighted by atomic mass is 10.1. The van der Waals surface area contributed by atoms with Crippen molar-refractivity contribution < 1.29 is 9.90 Å². The van der Waals surface area contributed by atoms with Crippen molar-refractivity contribution >= 4 is 12.0 Å². The highest BCUT2D eigenvalue weighted by atomic mass is 16.3. The van der Waals surface area contributed by atoms with Crippen LogP contribution < -0.4 is 5.32 Å². The molecular weight excluding hydrogens is 250 g/mol. The second-order valence-electron chi connectivity index (χ2n) is 5.60. The van der Waals surface area contributed by atoms with Crippen molar-refractivity contribution in [3.8, 4) is 0 Å². The topological polar surface area (TPSA) is 49.3 Å². The molecule has 1 rings (SSSR count). The maximum Gasteiger partial charge on any atom is 0.223 e. The van der Waals surface area contributed by atoms with Gasteiger partial charge in [-0.05, 0) is 24.8 Å². The van der Waals surface area contributed by atoms with Crippen LogP contribution in [0.3, 0.4) is 0 Å². The highest BCUT2D eigenvalue weighted by Crippen LogP contribution is 2.06. The van der Waals surface area contributed by atoms with E-state index in [0.717, 1.165) is 5.56 Å². The van der Waals surface area contributed by atoms with Crippen LogP contribution in [0.5, 0.6) is 0 Å². The van der Waals surface area contributed by atoms with Crippen molar-refractivity contribution in [2.24, 2.45) is 5.92 Å². The van der Waals surface area contributed by atoms with Gasteiger partial charge in [-0.3, -0.25) is 4.79 Å². The summed E-state index contributed by atoms with van der Waals surface area (Å²) in [7, 11) is 0. The van der Waals surface area contributed by atoms with Crippen molar-refractivity contribution in [2.45, 2.75) is 39.7 Å². The third kappa shape index (κ3) is 7.10. The zero-order valence-electron chi connectivity index (χ0n) is 12.6. The first kappa shape index (κ1) is 16.4. The van der Waals surface area contributed by atoms with Gasteiger partial charge in [-0.1, -0.05) is 55.8 Å². The molecule has 0 aliphatic rings. The lowest BCUT2D eigenvalue weighted by Crippen LogP contribution is -2.32. The van der Waals surface area contributed by atoms with Crippen LogP contribution in [0.4, 0.5) is 0 Å². The molecule has 1 atom stereocenters.